The lowest BCUT2D eigenvalue weighted by atomic mass is 10.2. The number of nitrogens with zero attached hydrogens (tertiary/aromatic N) is 1. The van der Waals surface area contributed by atoms with Gasteiger partial charge in [0.25, 0.3) is 0 Å². The summed E-state index contributed by atoms with van der Waals surface area (Å²) >= 11 is 0. The van der Waals surface area contributed by atoms with Gasteiger partial charge in [-0.3, -0.25) is 9.59 Å². The van der Waals surface area contributed by atoms with Crippen molar-refractivity contribution >= 4 is 17.9 Å². The van der Waals surface area contributed by atoms with E-state index in [0.29, 0.717) is 12.3 Å². The minimum absolute atomic E-state index is 0.0426. The SMILES string of the molecule is CCN(CC(=O)NCc1ccc(F)cc1)C(=O)/C=C/c1ccco1. The van der Waals surface area contributed by atoms with Crippen molar-refractivity contribution in [2.75, 3.05) is 13.1 Å². The summed E-state index contributed by atoms with van der Waals surface area (Å²) in [6.07, 6.45) is 4.45. The number of hydrogen-bond acceptors (Lipinski definition) is 3. The van der Waals surface area contributed by atoms with Crippen LogP contribution in [-0.2, 0) is 16.1 Å². The lowest BCUT2D eigenvalue weighted by Crippen LogP contribution is -2.39. The van der Waals surface area contributed by atoms with E-state index >= 15 is 0 Å². The van der Waals surface area contributed by atoms with Gasteiger partial charge in [-0.1, -0.05) is 12.1 Å². The molecule has 2 aromatic rings. The van der Waals surface area contributed by atoms with E-state index in [1.165, 1.54) is 29.4 Å². The Morgan fingerprint density at radius 1 is 1.25 bits per heavy atom. The van der Waals surface area contributed by atoms with E-state index in [9.17, 15) is 14.0 Å². The maximum atomic E-state index is 12.8. The molecule has 1 heterocycles. The second-order valence-electron chi connectivity index (χ2n) is 5.10. The molecule has 5 nitrogen and oxygen atoms in total. The highest BCUT2D eigenvalue weighted by Gasteiger charge is 2.13. The molecule has 6 heteroatoms. The van der Waals surface area contributed by atoms with Crippen molar-refractivity contribution in [1.29, 1.82) is 0 Å². The normalized spacial score (nSPS) is 10.8. The number of benzene rings is 1. The van der Waals surface area contributed by atoms with Gasteiger partial charge in [0.2, 0.25) is 11.8 Å². The van der Waals surface area contributed by atoms with Crippen LogP contribution in [0.5, 0.6) is 0 Å². The average Bonchev–Trinajstić information content (AvgIpc) is 3.10. The number of likely N-dealkylation sites (N-methyl/N-ethyl adjacent to an activating group) is 1. The Balaban J connectivity index is 1.83. The molecule has 24 heavy (non-hydrogen) atoms. The average molecular weight is 330 g/mol. The molecule has 1 aromatic heterocycles. The number of rotatable bonds is 7. The van der Waals surface area contributed by atoms with Crippen LogP contribution < -0.4 is 5.32 Å². The van der Waals surface area contributed by atoms with Gasteiger partial charge >= 0.3 is 0 Å². The Hall–Kier alpha value is -2.89. The summed E-state index contributed by atoms with van der Waals surface area (Å²) in [5.41, 5.74) is 0.789. The zero-order chi connectivity index (χ0) is 17.4. The van der Waals surface area contributed by atoms with E-state index < -0.39 is 0 Å². The maximum Gasteiger partial charge on any atom is 0.247 e. The molecule has 0 saturated carbocycles. The zero-order valence-electron chi connectivity index (χ0n) is 13.4. The summed E-state index contributed by atoms with van der Waals surface area (Å²) < 4.78 is 17.9. The number of halogens is 1. The van der Waals surface area contributed by atoms with Crippen LogP contribution >= 0.6 is 0 Å². The quantitative estimate of drug-likeness (QED) is 0.794. The van der Waals surface area contributed by atoms with Crippen molar-refractivity contribution in [3.63, 3.8) is 0 Å². The van der Waals surface area contributed by atoms with E-state index in [2.05, 4.69) is 5.32 Å². The third-order valence-corrected chi connectivity index (χ3v) is 3.36. The fraction of sp³-hybridized carbons (Fsp3) is 0.222. The van der Waals surface area contributed by atoms with Crippen LogP contribution in [0.3, 0.4) is 0 Å². The minimum Gasteiger partial charge on any atom is -0.465 e. The minimum atomic E-state index is -0.323. The highest BCUT2D eigenvalue weighted by molar-refractivity contribution is 5.94. The molecule has 1 aromatic carbocycles. The highest BCUT2D eigenvalue weighted by atomic mass is 19.1. The summed E-state index contributed by atoms with van der Waals surface area (Å²) in [7, 11) is 0. The van der Waals surface area contributed by atoms with Crippen LogP contribution in [0, 0.1) is 5.82 Å². The Kier molecular flexibility index (Phi) is 6.31. The molecular formula is C18H19FN2O3. The van der Waals surface area contributed by atoms with Gasteiger partial charge in [-0.25, -0.2) is 4.39 Å². The zero-order valence-corrected chi connectivity index (χ0v) is 13.4. The molecule has 0 saturated heterocycles. The molecule has 0 unspecified atom stereocenters. The lowest BCUT2D eigenvalue weighted by Gasteiger charge is -2.18. The molecule has 0 bridgehead atoms. The molecule has 2 amide bonds. The highest BCUT2D eigenvalue weighted by Crippen LogP contribution is 2.04. The van der Waals surface area contributed by atoms with Gasteiger partial charge in [-0.05, 0) is 42.8 Å². The Morgan fingerprint density at radius 2 is 2.00 bits per heavy atom. The topological polar surface area (TPSA) is 62.6 Å². The first-order valence-electron chi connectivity index (χ1n) is 7.60. The monoisotopic (exact) mass is 330 g/mol. The van der Waals surface area contributed by atoms with Gasteiger partial charge in [0.15, 0.2) is 0 Å². The van der Waals surface area contributed by atoms with Crippen LogP contribution in [0.15, 0.2) is 53.2 Å². The smallest absolute Gasteiger partial charge is 0.247 e. The number of amides is 2. The fourth-order valence-corrected chi connectivity index (χ4v) is 2.02. The molecule has 1 N–H and O–H groups in total. The van der Waals surface area contributed by atoms with Crippen molar-refractivity contribution in [2.24, 2.45) is 0 Å². The summed E-state index contributed by atoms with van der Waals surface area (Å²) in [4.78, 5) is 25.5. The van der Waals surface area contributed by atoms with Gasteiger partial charge in [-0.15, -0.1) is 0 Å². The second kappa shape index (κ2) is 8.67. The third-order valence-electron chi connectivity index (χ3n) is 3.36. The Morgan fingerprint density at radius 3 is 2.62 bits per heavy atom. The predicted molar refractivity (Wildman–Crippen MR) is 88.2 cm³/mol. The van der Waals surface area contributed by atoms with Gasteiger partial charge < -0.3 is 14.6 Å². The van der Waals surface area contributed by atoms with Crippen LogP contribution in [0.4, 0.5) is 4.39 Å². The second-order valence-corrected chi connectivity index (χ2v) is 5.10. The Labute approximate surface area is 139 Å². The molecule has 126 valence electrons. The van der Waals surface area contributed by atoms with Crippen LogP contribution in [0.2, 0.25) is 0 Å². The first-order chi connectivity index (χ1) is 11.6. The summed E-state index contributed by atoms with van der Waals surface area (Å²) in [6, 6.07) is 9.33. The molecule has 2 rings (SSSR count). The van der Waals surface area contributed by atoms with E-state index in [-0.39, 0.29) is 30.7 Å². The van der Waals surface area contributed by atoms with E-state index in [0.717, 1.165) is 5.56 Å². The van der Waals surface area contributed by atoms with Crippen molar-refractivity contribution in [3.8, 4) is 0 Å². The third kappa shape index (κ3) is 5.39. The maximum absolute atomic E-state index is 12.8. The van der Waals surface area contributed by atoms with E-state index in [1.54, 1.807) is 37.3 Å². The summed E-state index contributed by atoms with van der Waals surface area (Å²) in [5, 5.41) is 2.71. The van der Waals surface area contributed by atoms with Gasteiger partial charge in [0.05, 0.1) is 12.8 Å². The van der Waals surface area contributed by atoms with Crippen molar-refractivity contribution < 1.29 is 18.4 Å². The summed E-state index contributed by atoms with van der Waals surface area (Å²) in [5.74, 6) is -0.303. The van der Waals surface area contributed by atoms with Crippen LogP contribution in [0.1, 0.15) is 18.2 Å². The van der Waals surface area contributed by atoms with E-state index in [1.807, 2.05) is 0 Å². The molecule has 0 atom stereocenters. The van der Waals surface area contributed by atoms with E-state index in [4.69, 9.17) is 4.42 Å². The standard InChI is InChI=1S/C18H19FN2O3/c1-2-21(18(23)10-9-16-4-3-11-24-16)13-17(22)20-12-14-5-7-15(19)8-6-14/h3-11H,2,12-13H2,1H3,(H,20,22)/b10-9+. The largest absolute Gasteiger partial charge is 0.465 e. The summed E-state index contributed by atoms with van der Waals surface area (Å²) in [6.45, 7) is 2.45. The number of nitrogens with one attached hydrogen (secondary N) is 1. The van der Waals surface area contributed by atoms with Gasteiger partial charge in [0, 0.05) is 19.2 Å². The first kappa shape index (κ1) is 17.5. The molecule has 0 aliphatic heterocycles. The van der Waals surface area contributed by atoms with Crippen LogP contribution in [0.25, 0.3) is 6.08 Å². The van der Waals surface area contributed by atoms with Gasteiger partial charge in [-0.2, -0.15) is 0 Å². The van der Waals surface area contributed by atoms with Crippen molar-refractivity contribution in [2.45, 2.75) is 13.5 Å². The van der Waals surface area contributed by atoms with Crippen molar-refractivity contribution in [1.82, 2.24) is 10.2 Å². The van der Waals surface area contributed by atoms with Crippen LogP contribution in [-0.4, -0.2) is 29.8 Å². The molecule has 0 aliphatic carbocycles. The predicted octanol–water partition coefficient (Wildman–Crippen LogP) is 2.60. The number of carbonyl (C=O) groups excluding carboxylic acids is 2. The fourth-order valence-electron chi connectivity index (χ4n) is 2.02. The number of carbonyl (C=O) groups is 2. The van der Waals surface area contributed by atoms with Crippen molar-refractivity contribution in [3.05, 3.63) is 65.9 Å². The van der Waals surface area contributed by atoms with Gasteiger partial charge in [0.1, 0.15) is 11.6 Å². The number of furan rings is 1. The molecule has 0 spiro atoms. The molecule has 0 aliphatic rings. The number of hydrogen-bond donors (Lipinski definition) is 1. The Bertz CT molecular complexity index is 694. The lowest BCUT2D eigenvalue weighted by molar-refractivity contribution is -0.132. The molecule has 0 radical (unpaired) electrons. The molecular weight excluding hydrogens is 311 g/mol. The molecule has 0 fully saturated rings. The first-order valence-corrected chi connectivity index (χ1v) is 7.60.